The highest BCUT2D eigenvalue weighted by Crippen LogP contribution is 2.35. The third-order valence-corrected chi connectivity index (χ3v) is 8.27. The molecule has 5 rings (SSSR count). The average Bonchev–Trinajstić information content (AvgIpc) is 3.24. The minimum Gasteiger partial charge on any atom is -0.272 e. The van der Waals surface area contributed by atoms with E-state index in [1.54, 1.807) is 28.0 Å². The number of aromatic nitrogens is 2. The van der Waals surface area contributed by atoms with Crippen LogP contribution in [0, 0.1) is 5.82 Å². The lowest BCUT2D eigenvalue weighted by Gasteiger charge is -2.13. The largest absolute Gasteiger partial charge is 0.272 e. The van der Waals surface area contributed by atoms with Crippen molar-refractivity contribution in [2.45, 2.75) is 30.8 Å². The van der Waals surface area contributed by atoms with E-state index >= 15 is 0 Å². The highest BCUT2D eigenvalue weighted by Gasteiger charge is 2.23. The monoisotopic (exact) mass is 570 g/mol. The number of benzene rings is 2. The molecule has 0 spiro atoms. The Kier molecular flexibility index (Phi) is 7.12. The van der Waals surface area contributed by atoms with Gasteiger partial charge in [-0.05, 0) is 61.6 Å². The van der Waals surface area contributed by atoms with Crippen molar-refractivity contribution >= 4 is 61.4 Å². The number of hydrogen-bond acceptors (Lipinski definition) is 6. The highest BCUT2D eigenvalue weighted by molar-refractivity contribution is 9.10. The Bertz CT molecular complexity index is 1500. The summed E-state index contributed by atoms with van der Waals surface area (Å²) in [6, 6.07) is 13.8. The van der Waals surface area contributed by atoms with Crippen molar-refractivity contribution in [1.29, 1.82) is 0 Å². The molecule has 0 unspecified atom stereocenters. The first-order valence-electron chi connectivity index (χ1n) is 11.0. The van der Waals surface area contributed by atoms with Crippen LogP contribution >= 0.6 is 39.0 Å². The van der Waals surface area contributed by atoms with Gasteiger partial charge in [-0.15, -0.1) is 11.3 Å². The van der Waals surface area contributed by atoms with Crippen LogP contribution in [0.25, 0.3) is 15.9 Å². The number of carbonyl (C=O) groups excluding carboxylic acids is 1. The number of carbonyl (C=O) groups is 1. The molecular formula is C25H20BrFN4O2S2. The number of aryl methyl sites for hydroxylation is 2. The molecule has 0 fully saturated rings. The number of thioether (sulfide) groups is 1. The third kappa shape index (κ3) is 5.10. The van der Waals surface area contributed by atoms with Crippen LogP contribution in [0.5, 0.6) is 0 Å². The van der Waals surface area contributed by atoms with Gasteiger partial charge in [0, 0.05) is 14.9 Å². The molecule has 0 aliphatic heterocycles. The molecule has 2 aromatic heterocycles. The van der Waals surface area contributed by atoms with E-state index in [1.165, 1.54) is 28.9 Å². The predicted octanol–water partition coefficient (Wildman–Crippen LogP) is 5.47. The van der Waals surface area contributed by atoms with Gasteiger partial charge in [0.1, 0.15) is 10.6 Å². The van der Waals surface area contributed by atoms with Gasteiger partial charge in [0.15, 0.2) is 5.16 Å². The summed E-state index contributed by atoms with van der Waals surface area (Å²) in [7, 11) is 0. The van der Waals surface area contributed by atoms with E-state index in [2.05, 4.69) is 26.5 Å². The SMILES string of the molecule is O=C(CSc1nc2sc3c(c2c(=O)n1-c1ccccc1)CCCC3)NN=Cc1cc(Br)ccc1F. The van der Waals surface area contributed by atoms with Crippen LogP contribution in [0.1, 0.15) is 28.8 Å². The van der Waals surface area contributed by atoms with Crippen LogP contribution in [0.15, 0.2) is 68.1 Å². The van der Waals surface area contributed by atoms with Crippen molar-refractivity contribution in [1.82, 2.24) is 15.0 Å². The summed E-state index contributed by atoms with van der Waals surface area (Å²) in [5, 5.41) is 5.01. The van der Waals surface area contributed by atoms with Crippen LogP contribution in [-0.4, -0.2) is 27.4 Å². The van der Waals surface area contributed by atoms with E-state index in [-0.39, 0.29) is 22.8 Å². The zero-order valence-corrected chi connectivity index (χ0v) is 21.7. The lowest BCUT2D eigenvalue weighted by atomic mass is 9.97. The average molecular weight is 571 g/mol. The zero-order valence-electron chi connectivity index (χ0n) is 18.5. The topological polar surface area (TPSA) is 76.3 Å². The Labute approximate surface area is 217 Å². The van der Waals surface area contributed by atoms with Gasteiger partial charge in [0.2, 0.25) is 0 Å². The van der Waals surface area contributed by atoms with Gasteiger partial charge in [-0.25, -0.2) is 14.8 Å². The number of rotatable bonds is 6. The summed E-state index contributed by atoms with van der Waals surface area (Å²) in [6.07, 6.45) is 5.32. The molecule has 0 bridgehead atoms. The fourth-order valence-electron chi connectivity index (χ4n) is 4.04. The molecule has 178 valence electrons. The number of hydrazone groups is 1. The molecule has 0 radical (unpaired) electrons. The molecule has 35 heavy (non-hydrogen) atoms. The lowest BCUT2D eigenvalue weighted by Crippen LogP contribution is -2.24. The second-order valence-electron chi connectivity index (χ2n) is 8.01. The van der Waals surface area contributed by atoms with Crippen LogP contribution in [0.4, 0.5) is 4.39 Å². The maximum atomic E-state index is 13.9. The van der Waals surface area contributed by atoms with E-state index in [9.17, 15) is 14.0 Å². The molecule has 6 nitrogen and oxygen atoms in total. The number of nitrogens with zero attached hydrogens (tertiary/aromatic N) is 3. The first kappa shape index (κ1) is 23.9. The molecular weight excluding hydrogens is 551 g/mol. The molecule has 0 atom stereocenters. The number of hydrogen-bond donors (Lipinski definition) is 1. The van der Waals surface area contributed by atoms with E-state index in [4.69, 9.17) is 4.98 Å². The molecule has 1 aliphatic rings. The second kappa shape index (κ2) is 10.4. The molecule has 0 saturated heterocycles. The summed E-state index contributed by atoms with van der Waals surface area (Å²) < 4.78 is 16.1. The normalized spacial score (nSPS) is 13.3. The van der Waals surface area contributed by atoms with E-state index in [0.717, 1.165) is 36.1 Å². The van der Waals surface area contributed by atoms with Crippen molar-refractivity contribution in [3.8, 4) is 5.69 Å². The molecule has 2 heterocycles. The fraction of sp³-hybridized carbons (Fsp3) is 0.200. The van der Waals surface area contributed by atoms with Crippen molar-refractivity contribution in [2.24, 2.45) is 5.10 Å². The minimum absolute atomic E-state index is 0.00578. The first-order valence-corrected chi connectivity index (χ1v) is 13.6. The Hall–Kier alpha value is -2.82. The second-order valence-corrected chi connectivity index (χ2v) is 11.0. The van der Waals surface area contributed by atoms with Crippen LogP contribution in [-0.2, 0) is 17.6 Å². The number of nitrogens with one attached hydrogen (secondary N) is 1. The molecule has 1 amide bonds. The summed E-state index contributed by atoms with van der Waals surface area (Å²) in [5.74, 6) is -0.835. The maximum Gasteiger partial charge on any atom is 0.267 e. The molecule has 1 N–H and O–H groups in total. The lowest BCUT2D eigenvalue weighted by molar-refractivity contribution is -0.118. The van der Waals surface area contributed by atoms with Gasteiger partial charge in [0.25, 0.3) is 11.5 Å². The molecule has 0 saturated carbocycles. The van der Waals surface area contributed by atoms with Gasteiger partial charge in [0.05, 0.1) is 23.0 Å². The summed E-state index contributed by atoms with van der Waals surface area (Å²) in [4.78, 5) is 32.9. The Morgan fingerprint density at radius 3 is 2.86 bits per heavy atom. The van der Waals surface area contributed by atoms with Crippen molar-refractivity contribution in [3.63, 3.8) is 0 Å². The highest BCUT2D eigenvalue weighted by atomic mass is 79.9. The number of halogens is 2. The predicted molar refractivity (Wildman–Crippen MR) is 142 cm³/mol. The van der Waals surface area contributed by atoms with Gasteiger partial charge < -0.3 is 0 Å². The maximum absolute atomic E-state index is 13.9. The van der Waals surface area contributed by atoms with Gasteiger partial charge in [-0.2, -0.15) is 5.10 Å². The van der Waals surface area contributed by atoms with Gasteiger partial charge in [-0.3, -0.25) is 14.2 Å². The van der Waals surface area contributed by atoms with Crippen molar-refractivity contribution in [2.75, 3.05) is 5.75 Å². The Balaban J connectivity index is 1.41. The smallest absolute Gasteiger partial charge is 0.267 e. The fourth-order valence-corrected chi connectivity index (χ4v) is 6.52. The number of fused-ring (bicyclic) bond motifs is 3. The zero-order chi connectivity index (χ0) is 24.4. The molecule has 10 heteroatoms. The van der Waals surface area contributed by atoms with Crippen LogP contribution in [0.2, 0.25) is 0 Å². The molecule has 1 aliphatic carbocycles. The van der Waals surface area contributed by atoms with Crippen LogP contribution in [0.3, 0.4) is 0 Å². The van der Waals surface area contributed by atoms with E-state index in [0.29, 0.717) is 20.7 Å². The standard InChI is InChI=1S/C25H20BrFN4O2S2/c26-16-10-11-19(27)15(12-16)13-28-30-21(32)14-34-25-29-23-22(18-8-4-5-9-20(18)35-23)24(33)31(25)17-6-2-1-3-7-17/h1-3,6-7,10-13H,4-5,8-9,14H2,(H,30,32). The van der Waals surface area contributed by atoms with E-state index < -0.39 is 5.82 Å². The third-order valence-electron chi connectivity index (χ3n) is 5.66. The van der Waals surface area contributed by atoms with Crippen LogP contribution < -0.4 is 11.0 Å². The van der Waals surface area contributed by atoms with Crippen molar-refractivity contribution < 1.29 is 9.18 Å². The number of para-hydroxylation sites is 1. The molecule has 2 aromatic carbocycles. The van der Waals surface area contributed by atoms with E-state index in [1.807, 2.05) is 30.3 Å². The van der Waals surface area contributed by atoms with Gasteiger partial charge in [-0.1, -0.05) is 45.9 Å². The number of thiophene rings is 1. The summed E-state index contributed by atoms with van der Waals surface area (Å²) in [6.45, 7) is 0. The van der Waals surface area contributed by atoms with Gasteiger partial charge >= 0.3 is 0 Å². The summed E-state index contributed by atoms with van der Waals surface area (Å²) in [5.41, 5.74) is 4.39. The molecule has 4 aromatic rings. The summed E-state index contributed by atoms with van der Waals surface area (Å²) >= 11 is 6.03. The Morgan fingerprint density at radius 2 is 2.03 bits per heavy atom. The Morgan fingerprint density at radius 1 is 1.23 bits per heavy atom. The first-order chi connectivity index (χ1) is 17.0. The number of amides is 1. The van der Waals surface area contributed by atoms with Crippen molar-refractivity contribution in [3.05, 3.63) is 85.2 Å². The minimum atomic E-state index is -0.441. The quantitative estimate of drug-likeness (QED) is 0.144.